The van der Waals surface area contributed by atoms with Crippen molar-refractivity contribution in [3.05, 3.63) is 59.4 Å². The lowest BCUT2D eigenvalue weighted by Gasteiger charge is -2.29. The number of nitrogens with zero attached hydrogens (tertiary/aromatic N) is 3. The molecule has 1 fully saturated rings. The predicted octanol–water partition coefficient (Wildman–Crippen LogP) is 6.25. The van der Waals surface area contributed by atoms with E-state index >= 15 is 0 Å². The second-order valence-electron chi connectivity index (χ2n) is 9.04. The van der Waals surface area contributed by atoms with Crippen molar-refractivity contribution in [2.24, 2.45) is 5.92 Å². The van der Waals surface area contributed by atoms with Crippen LogP contribution in [0.4, 0.5) is 29.3 Å². The minimum atomic E-state index is -4.57. The zero-order valence-corrected chi connectivity index (χ0v) is 19.3. The Hall–Kier alpha value is -2.94. The summed E-state index contributed by atoms with van der Waals surface area (Å²) >= 11 is 0. The normalized spacial score (nSPS) is 18.2. The number of halogens is 4. The Labute approximate surface area is 204 Å². The maximum absolute atomic E-state index is 14.0. The van der Waals surface area contributed by atoms with Crippen molar-refractivity contribution in [2.75, 3.05) is 30.9 Å². The molecular formula is C26H33F4N5. The first-order valence-electron chi connectivity index (χ1n) is 11.5. The van der Waals surface area contributed by atoms with Gasteiger partial charge in [-0.05, 0) is 62.4 Å². The quantitative estimate of drug-likeness (QED) is 0.383. The maximum atomic E-state index is 14.0. The van der Waals surface area contributed by atoms with Gasteiger partial charge in [-0.3, -0.25) is 0 Å². The van der Waals surface area contributed by atoms with Crippen LogP contribution >= 0.6 is 0 Å². The van der Waals surface area contributed by atoms with Crippen molar-refractivity contribution in [2.45, 2.75) is 51.9 Å². The molecule has 2 N–H and O–H groups in total. The SMILES string of the molecule is C.CN(C)c1nc(NC2CCC(CNCc3c(F)cccc3C(F)(F)F)CC2)nc2ccccc12. The van der Waals surface area contributed by atoms with E-state index in [9.17, 15) is 17.6 Å². The van der Waals surface area contributed by atoms with Crippen molar-refractivity contribution >= 4 is 22.7 Å². The van der Waals surface area contributed by atoms with E-state index in [2.05, 4.69) is 15.6 Å². The van der Waals surface area contributed by atoms with Crippen molar-refractivity contribution in [3.8, 4) is 0 Å². The minimum absolute atomic E-state index is 0. The van der Waals surface area contributed by atoms with Crippen LogP contribution < -0.4 is 15.5 Å². The van der Waals surface area contributed by atoms with E-state index in [1.165, 1.54) is 0 Å². The molecule has 2 aromatic carbocycles. The molecule has 3 aromatic rings. The lowest BCUT2D eigenvalue weighted by Crippen LogP contribution is -2.32. The zero-order valence-electron chi connectivity index (χ0n) is 19.3. The van der Waals surface area contributed by atoms with Crippen molar-refractivity contribution in [1.82, 2.24) is 15.3 Å². The summed E-state index contributed by atoms with van der Waals surface area (Å²) in [5.41, 5.74) is -0.358. The molecule has 1 heterocycles. The van der Waals surface area contributed by atoms with Gasteiger partial charge >= 0.3 is 6.18 Å². The number of nitrogens with one attached hydrogen (secondary N) is 2. The third-order valence-corrected chi connectivity index (χ3v) is 6.35. The average Bonchev–Trinajstić information content (AvgIpc) is 2.80. The van der Waals surface area contributed by atoms with Crippen LogP contribution in [-0.2, 0) is 12.7 Å². The van der Waals surface area contributed by atoms with E-state index in [-0.39, 0.29) is 25.6 Å². The highest BCUT2D eigenvalue weighted by molar-refractivity contribution is 5.90. The van der Waals surface area contributed by atoms with Gasteiger partial charge < -0.3 is 15.5 Å². The highest BCUT2D eigenvalue weighted by Crippen LogP contribution is 2.33. The third kappa shape index (κ3) is 6.39. The fraction of sp³-hybridized carbons (Fsp3) is 0.462. The molecule has 0 saturated heterocycles. The number of benzene rings is 2. The van der Waals surface area contributed by atoms with E-state index < -0.39 is 17.6 Å². The van der Waals surface area contributed by atoms with Crippen LogP contribution in [0.5, 0.6) is 0 Å². The van der Waals surface area contributed by atoms with Gasteiger partial charge in [0, 0.05) is 37.6 Å². The third-order valence-electron chi connectivity index (χ3n) is 6.35. The van der Waals surface area contributed by atoms with Gasteiger partial charge in [0.2, 0.25) is 5.95 Å². The molecule has 5 nitrogen and oxygen atoms in total. The smallest absolute Gasteiger partial charge is 0.362 e. The van der Waals surface area contributed by atoms with Gasteiger partial charge in [0.05, 0.1) is 11.1 Å². The molecule has 0 spiro atoms. The number of fused-ring (bicyclic) bond motifs is 1. The Kier molecular flexibility index (Phi) is 8.53. The number of hydrogen-bond donors (Lipinski definition) is 2. The van der Waals surface area contributed by atoms with Crippen LogP contribution in [0.25, 0.3) is 10.9 Å². The maximum Gasteiger partial charge on any atom is 0.416 e. The van der Waals surface area contributed by atoms with E-state index in [1.54, 1.807) is 0 Å². The molecule has 1 aliphatic carbocycles. The van der Waals surface area contributed by atoms with Crippen LogP contribution in [0.3, 0.4) is 0 Å². The van der Waals surface area contributed by atoms with Crippen LogP contribution in [-0.4, -0.2) is 36.6 Å². The second-order valence-corrected chi connectivity index (χ2v) is 9.04. The Bertz CT molecular complexity index is 1120. The predicted molar refractivity (Wildman–Crippen MR) is 133 cm³/mol. The number of alkyl halides is 3. The molecule has 0 bridgehead atoms. The summed E-state index contributed by atoms with van der Waals surface area (Å²) < 4.78 is 53.5. The molecule has 1 aromatic heterocycles. The molecule has 35 heavy (non-hydrogen) atoms. The zero-order chi connectivity index (χ0) is 24.3. The standard InChI is InChI=1S/C25H29F4N5.CH4/c1-34(2)23-18-6-3-4-9-22(18)32-24(33-23)31-17-12-10-16(11-13-17)14-30-15-19-20(25(27,28)29)7-5-8-21(19)26;/h3-9,16-17,30H,10-15H2,1-2H3,(H,31,32,33);1H4. The average molecular weight is 492 g/mol. The Morgan fingerprint density at radius 2 is 1.69 bits per heavy atom. The van der Waals surface area contributed by atoms with Gasteiger partial charge in [0.25, 0.3) is 0 Å². The Morgan fingerprint density at radius 1 is 0.971 bits per heavy atom. The van der Waals surface area contributed by atoms with E-state index in [4.69, 9.17) is 4.98 Å². The molecule has 0 amide bonds. The minimum Gasteiger partial charge on any atom is -0.362 e. The Balaban J connectivity index is 0.00000342. The van der Waals surface area contributed by atoms with Crippen LogP contribution in [0, 0.1) is 11.7 Å². The summed E-state index contributed by atoms with van der Waals surface area (Å²) in [6.45, 7) is 0.410. The molecule has 0 radical (unpaired) electrons. The number of rotatable bonds is 7. The number of hydrogen-bond acceptors (Lipinski definition) is 5. The summed E-state index contributed by atoms with van der Waals surface area (Å²) in [5.74, 6) is 0.956. The van der Waals surface area contributed by atoms with Gasteiger partial charge in [-0.1, -0.05) is 25.6 Å². The molecule has 0 unspecified atom stereocenters. The Morgan fingerprint density at radius 3 is 2.37 bits per heavy atom. The lowest BCUT2D eigenvalue weighted by atomic mass is 9.86. The first-order chi connectivity index (χ1) is 16.2. The van der Waals surface area contributed by atoms with Crippen LogP contribution in [0.2, 0.25) is 0 Å². The fourth-order valence-corrected chi connectivity index (χ4v) is 4.56. The van der Waals surface area contributed by atoms with E-state index in [0.29, 0.717) is 18.4 Å². The molecule has 190 valence electrons. The summed E-state index contributed by atoms with van der Waals surface area (Å²) in [7, 11) is 3.91. The number of para-hydroxylation sites is 1. The molecule has 4 rings (SSSR count). The van der Waals surface area contributed by atoms with Gasteiger partial charge in [-0.2, -0.15) is 18.2 Å². The highest BCUT2D eigenvalue weighted by Gasteiger charge is 2.34. The summed E-state index contributed by atoms with van der Waals surface area (Å²) in [5, 5.41) is 7.49. The monoisotopic (exact) mass is 491 g/mol. The lowest BCUT2D eigenvalue weighted by molar-refractivity contribution is -0.138. The van der Waals surface area contributed by atoms with Crippen molar-refractivity contribution in [1.29, 1.82) is 0 Å². The molecule has 0 aliphatic heterocycles. The first kappa shape index (κ1) is 26.7. The molecule has 0 atom stereocenters. The number of aromatic nitrogens is 2. The fourth-order valence-electron chi connectivity index (χ4n) is 4.56. The molecule has 9 heteroatoms. The summed E-state index contributed by atoms with van der Waals surface area (Å²) in [6.07, 6.45) is -0.912. The molecule has 1 aliphatic rings. The van der Waals surface area contributed by atoms with Gasteiger partial charge in [-0.15, -0.1) is 0 Å². The van der Waals surface area contributed by atoms with Gasteiger partial charge in [-0.25, -0.2) is 9.37 Å². The van der Waals surface area contributed by atoms with Gasteiger partial charge in [0.1, 0.15) is 11.6 Å². The van der Waals surface area contributed by atoms with Crippen molar-refractivity contribution in [3.63, 3.8) is 0 Å². The summed E-state index contributed by atoms with van der Waals surface area (Å²) in [4.78, 5) is 11.3. The van der Waals surface area contributed by atoms with Crippen LogP contribution in [0.1, 0.15) is 44.2 Å². The highest BCUT2D eigenvalue weighted by atomic mass is 19.4. The van der Waals surface area contributed by atoms with Crippen molar-refractivity contribution < 1.29 is 17.6 Å². The molecule has 1 saturated carbocycles. The number of anilines is 2. The largest absolute Gasteiger partial charge is 0.416 e. The second kappa shape index (κ2) is 11.2. The molecular weight excluding hydrogens is 458 g/mol. The van der Waals surface area contributed by atoms with Gasteiger partial charge in [0.15, 0.2) is 0 Å². The first-order valence-corrected chi connectivity index (χ1v) is 11.5. The van der Waals surface area contributed by atoms with Crippen LogP contribution in [0.15, 0.2) is 42.5 Å². The summed E-state index contributed by atoms with van der Waals surface area (Å²) in [6, 6.07) is 11.2. The van der Waals surface area contributed by atoms with E-state index in [0.717, 1.165) is 60.6 Å². The van der Waals surface area contributed by atoms with E-state index in [1.807, 2.05) is 43.3 Å². The topological polar surface area (TPSA) is 53.1 Å².